The molecule has 1 rings (SSSR count). The summed E-state index contributed by atoms with van der Waals surface area (Å²) in [5.74, 6) is -0.919. The van der Waals surface area contributed by atoms with Crippen LogP contribution in [0.25, 0.3) is 0 Å². The van der Waals surface area contributed by atoms with E-state index in [2.05, 4.69) is 0 Å². The van der Waals surface area contributed by atoms with E-state index in [1.54, 1.807) is 31.0 Å². The first-order chi connectivity index (χ1) is 7.33. The van der Waals surface area contributed by atoms with Crippen LogP contribution >= 0.6 is 0 Å². The van der Waals surface area contributed by atoms with E-state index in [0.717, 1.165) is 0 Å². The molecule has 5 heteroatoms. The predicted octanol–water partition coefficient (Wildman–Crippen LogP) is 0.465. The summed E-state index contributed by atoms with van der Waals surface area (Å²) >= 11 is 0. The summed E-state index contributed by atoms with van der Waals surface area (Å²) in [6.07, 6.45) is 0. The molecule has 1 amide bonds. The Morgan fingerprint density at radius 1 is 1.56 bits per heavy atom. The Hall–Kier alpha value is -1.62. The van der Waals surface area contributed by atoms with Crippen LogP contribution in [0.15, 0.2) is 24.3 Å². The molecular weight excluding hydrogens is 209 g/mol. The molecule has 1 atom stereocenters. The van der Waals surface area contributed by atoms with Gasteiger partial charge in [-0.3, -0.25) is 4.79 Å². The van der Waals surface area contributed by atoms with Gasteiger partial charge in [-0.05, 0) is 25.1 Å². The number of carbonyl (C=O) groups is 1. The minimum absolute atomic E-state index is 0.228. The largest absolute Gasteiger partial charge is 0.372 e. The Morgan fingerprint density at radius 3 is 2.69 bits per heavy atom. The van der Waals surface area contributed by atoms with Crippen molar-refractivity contribution in [1.82, 2.24) is 0 Å². The molecule has 1 aromatic carbocycles. The number of hydrogen-bond donors (Lipinski definition) is 2. The van der Waals surface area contributed by atoms with Gasteiger partial charge >= 0.3 is 0 Å². The molecule has 0 spiro atoms. The second-order valence-corrected chi connectivity index (χ2v) is 4.12. The summed E-state index contributed by atoms with van der Waals surface area (Å²) in [6.45, 7) is 1.77. The normalized spacial score (nSPS) is 14.2. The molecule has 0 aliphatic rings. The Kier molecular flexibility index (Phi) is 3.49. The lowest BCUT2D eigenvalue weighted by molar-refractivity contribution is -0.122. The molecule has 0 saturated carbocycles. The zero-order valence-corrected chi connectivity index (χ0v) is 9.40. The van der Waals surface area contributed by atoms with Crippen LogP contribution in [0.4, 0.5) is 10.1 Å². The highest BCUT2D eigenvalue weighted by molar-refractivity contribution is 5.84. The predicted molar refractivity (Wildman–Crippen MR) is 61.5 cm³/mol. The number of nitrogens with zero attached hydrogens (tertiary/aromatic N) is 1. The fourth-order valence-electron chi connectivity index (χ4n) is 1.38. The molecule has 0 heterocycles. The molecule has 0 aromatic heterocycles. The Labute approximate surface area is 94.0 Å². The highest BCUT2D eigenvalue weighted by atomic mass is 19.1. The second kappa shape index (κ2) is 4.49. The van der Waals surface area contributed by atoms with E-state index >= 15 is 0 Å². The van der Waals surface area contributed by atoms with Gasteiger partial charge in [0.05, 0.1) is 0 Å². The maximum absolute atomic E-state index is 13.0. The van der Waals surface area contributed by atoms with E-state index in [1.807, 2.05) is 0 Å². The van der Waals surface area contributed by atoms with Gasteiger partial charge in [0.2, 0.25) is 5.91 Å². The van der Waals surface area contributed by atoms with E-state index < -0.39 is 11.4 Å². The van der Waals surface area contributed by atoms with Crippen LogP contribution in [0.1, 0.15) is 6.92 Å². The van der Waals surface area contributed by atoms with E-state index in [9.17, 15) is 9.18 Å². The fraction of sp³-hybridized carbons (Fsp3) is 0.364. The smallest absolute Gasteiger partial charge is 0.239 e. The number of carbonyl (C=O) groups excluding carboxylic acids is 1. The molecule has 0 aliphatic carbocycles. The molecule has 0 fully saturated rings. The Morgan fingerprint density at radius 2 is 2.19 bits per heavy atom. The van der Waals surface area contributed by atoms with Crippen molar-refractivity contribution in [2.45, 2.75) is 12.5 Å². The number of amides is 1. The number of primary amides is 1. The van der Waals surface area contributed by atoms with Crippen LogP contribution in [-0.2, 0) is 4.79 Å². The lowest BCUT2D eigenvalue weighted by atomic mass is 10.0. The van der Waals surface area contributed by atoms with Crippen molar-refractivity contribution >= 4 is 11.6 Å². The van der Waals surface area contributed by atoms with Crippen LogP contribution in [0.5, 0.6) is 0 Å². The van der Waals surface area contributed by atoms with Gasteiger partial charge in [-0.2, -0.15) is 0 Å². The highest BCUT2D eigenvalue weighted by Gasteiger charge is 2.27. The van der Waals surface area contributed by atoms with Gasteiger partial charge in [-0.1, -0.05) is 6.07 Å². The van der Waals surface area contributed by atoms with Gasteiger partial charge in [0.1, 0.15) is 11.4 Å². The number of hydrogen-bond acceptors (Lipinski definition) is 3. The summed E-state index contributed by atoms with van der Waals surface area (Å²) in [5.41, 5.74) is 10.4. The monoisotopic (exact) mass is 225 g/mol. The third-order valence-corrected chi connectivity index (χ3v) is 2.38. The molecule has 0 radical (unpaired) electrons. The number of rotatable bonds is 4. The van der Waals surface area contributed by atoms with Crippen molar-refractivity contribution in [2.75, 3.05) is 18.5 Å². The van der Waals surface area contributed by atoms with Crippen molar-refractivity contribution in [3.8, 4) is 0 Å². The van der Waals surface area contributed by atoms with Crippen molar-refractivity contribution in [1.29, 1.82) is 0 Å². The van der Waals surface area contributed by atoms with Gasteiger partial charge in [-0.25, -0.2) is 4.39 Å². The van der Waals surface area contributed by atoms with E-state index in [1.165, 1.54) is 12.1 Å². The number of halogens is 1. The van der Waals surface area contributed by atoms with E-state index in [0.29, 0.717) is 5.69 Å². The lowest BCUT2D eigenvalue weighted by Gasteiger charge is -2.28. The second-order valence-electron chi connectivity index (χ2n) is 4.12. The Bertz CT molecular complexity index is 393. The number of anilines is 1. The summed E-state index contributed by atoms with van der Waals surface area (Å²) < 4.78 is 13.0. The van der Waals surface area contributed by atoms with E-state index in [-0.39, 0.29) is 12.4 Å². The van der Waals surface area contributed by atoms with Gasteiger partial charge in [0, 0.05) is 19.3 Å². The minimum Gasteiger partial charge on any atom is -0.372 e. The molecule has 1 unspecified atom stereocenters. The molecule has 88 valence electrons. The minimum atomic E-state index is -1.14. The molecule has 1 aromatic rings. The summed E-state index contributed by atoms with van der Waals surface area (Å²) in [6, 6.07) is 6.06. The summed E-state index contributed by atoms with van der Waals surface area (Å²) in [5, 5.41) is 0. The SMILES string of the molecule is CN(CC(C)(N)C(N)=O)c1cccc(F)c1. The van der Waals surface area contributed by atoms with Crippen LogP contribution < -0.4 is 16.4 Å². The van der Waals surface area contributed by atoms with Gasteiger partial charge in [0.15, 0.2) is 0 Å². The zero-order chi connectivity index (χ0) is 12.3. The van der Waals surface area contributed by atoms with Crippen molar-refractivity contribution < 1.29 is 9.18 Å². The molecule has 16 heavy (non-hydrogen) atoms. The van der Waals surface area contributed by atoms with Gasteiger partial charge in [-0.15, -0.1) is 0 Å². The number of benzene rings is 1. The first-order valence-electron chi connectivity index (χ1n) is 4.88. The van der Waals surface area contributed by atoms with E-state index in [4.69, 9.17) is 11.5 Å². The first kappa shape index (κ1) is 12.4. The summed E-state index contributed by atoms with van der Waals surface area (Å²) in [4.78, 5) is 12.7. The molecule has 0 saturated heterocycles. The highest BCUT2D eigenvalue weighted by Crippen LogP contribution is 2.15. The molecular formula is C11H16FN3O. The van der Waals surface area contributed by atoms with Crippen molar-refractivity contribution in [2.24, 2.45) is 11.5 Å². The average molecular weight is 225 g/mol. The average Bonchev–Trinajstić information content (AvgIpc) is 2.16. The van der Waals surface area contributed by atoms with Crippen LogP contribution in [0.2, 0.25) is 0 Å². The van der Waals surface area contributed by atoms with Crippen LogP contribution in [0, 0.1) is 5.82 Å². The first-order valence-corrected chi connectivity index (χ1v) is 4.88. The van der Waals surface area contributed by atoms with Crippen molar-refractivity contribution in [3.63, 3.8) is 0 Å². The third-order valence-electron chi connectivity index (χ3n) is 2.38. The van der Waals surface area contributed by atoms with Gasteiger partial charge in [0.25, 0.3) is 0 Å². The Balaban J connectivity index is 2.80. The van der Waals surface area contributed by atoms with Gasteiger partial charge < -0.3 is 16.4 Å². The van der Waals surface area contributed by atoms with Crippen LogP contribution in [-0.4, -0.2) is 25.0 Å². The zero-order valence-electron chi connectivity index (χ0n) is 9.40. The summed E-state index contributed by atoms with van der Waals surface area (Å²) in [7, 11) is 1.73. The van der Waals surface area contributed by atoms with Crippen LogP contribution in [0.3, 0.4) is 0 Å². The topological polar surface area (TPSA) is 72.3 Å². The van der Waals surface area contributed by atoms with Crippen molar-refractivity contribution in [3.05, 3.63) is 30.1 Å². The number of nitrogens with two attached hydrogens (primary N) is 2. The molecule has 4 nitrogen and oxygen atoms in total. The fourth-order valence-corrected chi connectivity index (χ4v) is 1.38. The molecule has 0 bridgehead atoms. The molecule has 4 N–H and O–H groups in total. The lowest BCUT2D eigenvalue weighted by Crippen LogP contribution is -2.56. The number of likely N-dealkylation sites (N-methyl/N-ethyl adjacent to an activating group) is 1. The maximum Gasteiger partial charge on any atom is 0.239 e. The molecule has 0 aliphatic heterocycles. The third kappa shape index (κ3) is 2.93. The maximum atomic E-state index is 13.0. The standard InChI is InChI=1S/C11H16FN3O/c1-11(14,10(13)16)7-15(2)9-5-3-4-8(12)6-9/h3-6H,7,14H2,1-2H3,(H2,13,16). The quantitative estimate of drug-likeness (QED) is 0.782.